The van der Waals surface area contributed by atoms with E-state index in [1.165, 1.54) is 79.7 Å². The Morgan fingerprint density at radius 3 is 1.20 bits per heavy atom. The van der Waals surface area contributed by atoms with Crippen molar-refractivity contribution in [2.24, 2.45) is 0 Å². The average molecular weight is 807 g/mol. The van der Waals surface area contributed by atoms with Crippen LogP contribution >= 0.6 is 99.9 Å². The topological polar surface area (TPSA) is 0 Å². The Hall–Kier alpha value is -2.14. The molecule has 8 heteroatoms. The highest BCUT2D eigenvalue weighted by Crippen LogP contribution is 2.55. The smallest absolute Gasteiger partial charge is 0.0651 e. The summed E-state index contributed by atoms with van der Waals surface area (Å²) in [5.41, 5.74) is 5.27. The van der Waals surface area contributed by atoms with E-state index in [0.717, 1.165) is 8.95 Å². The maximum atomic E-state index is 3.52. The molecule has 0 aliphatic rings. The molecule has 0 atom stereocenters. The van der Waals surface area contributed by atoms with Crippen LogP contribution in [0.15, 0.2) is 81.7 Å². The number of aryl methyl sites for hydroxylation is 2. The van der Waals surface area contributed by atoms with Crippen LogP contribution in [0.5, 0.6) is 0 Å². The number of fused-ring (bicyclic) bond motifs is 5. The van der Waals surface area contributed by atoms with Gasteiger partial charge in [-0.1, -0.05) is 68.3 Å². The lowest BCUT2D eigenvalue weighted by molar-refractivity contribution is 1.62. The lowest BCUT2D eigenvalue weighted by atomic mass is 10.2. The van der Waals surface area contributed by atoms with E-state index >= 15 is 0 Å². The third-order valence-electron chi connectivity index (χ3n) is 7.53. The summed E-state index contributed by atoms with van der Waals surface area (Å²) in [4.78, 5) is 8.11. The van der Waals surface area contributed by atoms with Gasteiger partial charge in [0.15, 0.2) is 0 Å². The van der Waals surface area contributed by atoms with Crippen LogP contribution in [-0.2, 0) is 0 Å². The Balaban J connectivity index is 1.09. The molecule has 0 amide bonds. The number of hydrogen-bond acceptors (Lipinski definition) is 6. The summed E-state index contributed by atoms with van der Waals surface area (Å²) in [6.07, 6.45) is 8.84. The largest absolute Gasteiger partial charge is 0.135 e. The van der Waals surface area contributed by atoms with Gasteiger partial charge in [-0.2, -0.15) is 0 Å². The zero-order chi connectivity index (χ0) is 29.9. The predicted molar refractivity (Wildman–Crippen MR) is 213 cm³/mol. The van der Waals surface area contributed by atoms with E-state index < -0.39 is 0 Å². The minimum Gasteiger partial charge on any atom is -0.135 e. The van der Waals surface area contributed by atoms with Gasteiger partial charge in [-0.05, 0) is 96.8 Å². The van der Waals surface area contributed by atoms with Crippen molar-refractivity contribution in [2.75, 3.05) is 0 Å². The van der Waals surface area contributed by atoms with E-state index in [2.05, 4.69) is 143 Å². The predicted octanol–water partition coefficient (Wildman–Crippen LogP) is 15.3. The molecule has 6 aromatic heterocycles. The lowest BCUT2D eigenvalue weighted by Gasteiger charge is -1.95. The Morgan fingerprint density at radius 2 is 0.795 bits per heavy atom. The molecule has 0 nitrogen and oxygen atoms in total. The average Bonchev–Trinajstić information content (AvgIpc) is 3.86. The first-order valence-electron chi connectivity index (χ1n) is 13.9. The van der Waals surface area contributed by atoms with Gasteiger partial charge < -0.3 is 0 Å². The summed E-state index contributed by atoms with van der Waals surface area (Å²) in [5.74, 6) is 0. The van der Waals surface area contributed by atoms with Crippen LogP contribution < -0.4 is 0 Å². The standard InChI is InChI=1S/C36H22Br2S6/c1-19-29(27-17-15-25(39-27)13-7-21-3-9-23(37)10-4-21)41-33-31(19)43-36-34-32(44-35(33)36)20(2)30(42-34)28-18-16-26(40-28)14-8-22-5-11-24(38)12-6-22/h3-18H,1-2H3/b13-7+,14-8+. The highest BCUT2D eigenvalue weighted by Gasteiger charge is 2.23. The van der Waals surface area contributed by atoms with Crippen molar-refractivity contribution in [1.82, 2.24) is 0 Å². The molecule has 0 aliphatic carbocycles. The van der Waals surface area contributed by atoms with Crippen LogP contribution in [0.4, 0.5) is 0 Å². The van der Waals surface area contributed by atoms with Gasteiger partial charge in [-0.3, -0.25) is 0 Å². The molecule has 0 unspecified atom stereocenters. The zero-order valence-corrected chi connectivity index (χ0v) is 31.5. The molecular weight excluding hydrogens is 785 g/mol. The summed E-state index contributed by atoms with van der Waals surface area (Å²) in [6, 6.07) is 26.0. The maximum Gasteiger partial charge on any atom is 0.0651 e. The van der Waals surface area contributed by atoms with Gasteiger partial charge in [0.05, 0.1) is 28.2 Å². The first-order chi connectivity index (χ1) is 21.4. The summed E-state index contributed by atoms with van der Waals surface area (Å²) >= 11 is 18.7. The van der Waals surface area contributed by atoms with Crippen LogP contribution in [0.3, 0.4) is 0 Å². The second-order valence-electron chi connectivity index (χ2n) is 10.5. The van der Waals surface area contributed by atoms with Crippen LogP contribution in [0, 0.1) is 13.8 Å². The number of thiophene rings is 6. The molecule has 0 spiro atoms. The maximum absolute atomic E-state index is 3.52. The number of benzene rings is 2. The molecule has 8 aromatic rings. The fourth-order valence-corrected chi connectivity index (χ4v) is 13.9. The molecule has 0 saturated carbocycles. The third kappa shape index (κ3) is 5.37. The number of rotatable bonds is 6. The van der Waals surface area contributed by atoms with Gasteiger partial charge in [0, 0.05) is 38.2 Å². The zero-order valence-electron chi connectivity index (χ0n) is 23.4. The summed E-state index contributed by atoms with van der Waals surface area (Å²) in [5, 5.41) is 0. The van der Waals surface area contributed by atoms with Crippen molar-refractivity contribution in [3.63, 3.8) is 0 Å². The van der Waals surface area contributed by atoms with E-state index in [9.17, 15) is 0 Å². The minimum atomic E-state index is 1.11. The highest BCUT2D eigenvalue weighted by atomic mass is 79.9. The first-order valence-corrected chi connectivity index (χ1v) is 20.3. The second kappa shape index (κ2) is 11.9. The van der Waals surface area contributed by atoms with Crippen molar-refractivity contribution in [1.29, 1.82) is 0 Å². The lowest BCUT2D eigenvalue weighted by Crippen LogP contribution is -1.70. The summed E-state index contributed by atoms with van der Waals surface area (Å²) in [6.45, 7) is 4.62. The van der Waals surface area contributed by atoms with Crippen molar-refractivity contribution >= 4 is 152 Å². The first kappa shape index (κ1) is 29.3. The Morgan fingerprint density at radius 1 is 0.409 bits per heavy atom. The third-order valence-corrected chi connectivity index (χ3v) is 17.0. The SMILES string of the molecule is Cc1c(-c2ccc(/C=C/c3ccc(Br)cc3)s2)sc2c1sc1c3sc(-c4ccc(/C=C/c5ccc(Br)cc5)s4)c(C)c3sc21. The molecule has 0 radical (unpaired) electrons. The number of halogens is 2. The Labute approximate surface area is 296 Å². The molecular formula is C36H22Br2S6. The van der Waals surface area contributed by atoms with E-state index in [4.69, 9.17) is 0 Å². The van der Waals surface area contributed by atoms with Gasteiger partial charge in [-0.25, -0.2) is 0 Å². The van der Waals surface area contributed by atoms with Crippen LogP contribution in [0.25, 0.3) is 72.0 Å². The molecule has 216 valence electrons. The van der Waals surface area contributed by atoms with Crippen LogP contribution in [0.2, 0.25) is 0 Å². The quantitative estimate of drug-likeness (QED) is 0.157. The van der Waals surface area contributed by atoms with Crippen LogP contribution in [0.1, 0.15) is 32.0 Å². The van der Waals surface area contributed by atoms with Crippen molar-refractivity contribution in [3.8, 4) is 19.5 Å². The van der Waals surface area contributed by atoms with Crippen molar-refractivity contribution in [2.45, 2.75) is 13.8 Å². The minimum absolute atomic E-state index is 1.11. The van der Waals surface area contributed by atoms with E-state index in [-0.39, 0.29) is 0 Å². The molecule has 2 aromatic carbocycles. The molecule has 8 rings (SSSR count). The van der Waals surface area contributed by atoms with Gasteiger partial charge in [0.25, 0.3) is 0 Å². The number of hydrogen-bond donors (Lipinski definition) is 0. The molecule has 6 heterocycles. The van der Waals surface area contributed by atoms with E-state index in [1.807, 2.05) is 68.0 Å². The molecule has 0 aliphatic heterocycles. The monoisotopic (exact) mass is 804 g/mol. The van der Waals surface area contributed by atoms with Gasteiger partial charge in [0.2, 0.25) is 0 Å². The van der Waals surface area contributed by atoms with Crippen molar-refractivity contribution < 1.29 is 0 Å². The Bertz CT molecular complexity index is 2190. The molecule has 0 bridgehead atoms. The normalized spacial score (nSPS) is 12.4. The van der Waals surface area contributed by atoms with Gasteiger partial charge >= 0.3 is 0 Å². The molecule has 0 saturated heterocycles. The fraction of sp³-hybridized carbons (Fsp3) is 0.0556. The van der Waals surface area contributed by atoms with E-state index in [0.29, 0.717) is 0 Å². The fourth-order valence-electron chi connectivity index (χ4n) is 5.24. The van der Waals surface area contributed by atoms with Crippen molar-refractivity contribution in [3.05, 3.63) is 114 Å². The van der Waals surface area contributed by atoms with Crippen LogP contribution in [-0.4, -0.2) is 0 Å². The molecule has 0 fully saturated rings. The van der Waals surface area contributed by atoms with Gasteiger partial charge in [0.1, 0.15) is 0 Å². The van der Waals surface area contributed by atoms with Gasteiger partial charge in [-0.15, -0.1) is 68.0 Å². The molecule has 0 N–H and O–H groups in total. The second-order valence-corrected chi connectivity index (χ2v) is 18.6. The summed E-state index contributed by atoms with van der Waals surface area (Å²) in [7, 11) is 0. The Kier molecular flexibility index (Phi) is 7.92. The summed E-state index contributed by atoms with van der Waals surface area (Å²) < 4.78 is 11.0. The molecule has 44 heavy (non-hydrogen) atoms. The van der Waals surface area contributed by atoms with E-state index in [1.54, 1.807) is 0 Å². The highest BCUT2D eigenvalue weighted by molar-refractivity contribution is 9.10.